The Morgan fingerprint density at radius 3 is 2.32 bits per heavy atom. The minimum atomic E-state index is -1.05. The number of ether oxygens (including phenoxy) is 2. The summed E-state index contributed by atoms with van der Waals surface area (Å²) in [4.78, 5) is 41.5. The Labute approximate surface area is 250 Å². The summed E-state index contributed by atoms with van der Waals surface area (Å²) >= 11 is 13.6. The second-order valence-electron chi connectivity index (χ2n) is 9.70. The molecule has 214 valence electrons. The van der Waals surface area contributed by atoms with Crippen molar-refractivity contribution >= 4 is 58.1 Å². The van der Waals surface area contributed by atoms with Crippen molar-refractivity contribution in [3.8, 4) is 11.1 Å². The molecule has 2 aliphatic rings. The molecule has 2 aromatic carbocycles. The number of hydrogen-bond acceptors (Lipinski definition) is 7. The zero-order chi connectivity index (χ0) is 29.1. The summed E-state index contributed by atoms with van der Waals surface area (Å²) in [7, 11) is 0. The van der Waals surface area contributed by atoms with Crippen molar-refractivity contribution in [3.05, 3.63) is 80.0 Å². The van der Waals surface area contributed by atoms with Crippen LogP contribution in [-0.4, -0.2) is 66.6 Å². The number of nitrogens with one attached hydrogen (secondary N) is 3. The molecule has 2 fully saturated rings. The summed E-state index contributed by atoms with van der Waals surface area (Å²) < 4.78 is 11.6. The van der Waals surface area contributed by atoms with Crippen molar-refractivity contribution in [2.45, 2.75) is 24.8 Å². The fourth-order valence-corrected chi connectivity index (χ4v) is 6.19. The van der Waals surface area contributed by atoms with Gasteiger partial charge >= 0.3 is 0 Å². The molecular formula is C28H27Cl2N5O5S. The van der Waals surface area contributed by atoms with Crippen LogP contribution in [0, 0.1) is 5.41 Å². The Kier molecular flexibility index (Phi) is 8.62. The molecule has 1 atom stereocenters. The van der Waals surface area contributed by atoms with Crippen LogP contribution < -0.4 is 16.4 Å². The lowest BCUT2D eigenvalue weighted by Crippen LogP contribution is -2.49. The normalized spacial score (nSPS) is 17.5. The van der Waals surface area contributed by atoms with Crippen molar-refractivity contribution in [1.82, 2.24) is 15.5 Å². The van der Waals surface area contributed by atoms with Gasteiger partial charge in [-0.3, -0.25) is 19.8 Å². The first-order valence-electron chi connectivity index (χ1n) is 12.7. The van der Waals surface area contributed by atoms with Gasteiger partial charge in [0.15, 0.2) is 5.79 Å². The molecule has 0 radical (unpaired) electrons. The molecular weight excluding hydrogens is 589 g/mol. The molecule has 3 heterocycles. The molecule has 0 aliphatic carbocycles. The summed E-state index contributed by atoms with van der Waals surface area (Å²) in [5.74, 6) is -2.33. The summed E-state index contributed by atoms with van der Waals surface area (Å²) in [6.07, 6.45) is 0.177. The van der Waals surface area contributed by atoms with Crippen LogP contribution in [0.4, 0.5) is 0 Å². The molecule has 2 aliphatic heterocycles. The standard InChI is InChI=1S/C28H27Cl2N5O5S/c29-20-7-18(8-21(30)10-20)16-1-3-17(4-2-16)26(37)34-13-24(36)35-15-28(39-5-6-40-28)11-23(35)27(38)33-12-22-9-19(14-41-22)25(31)32/h1-4,7-10,14,23H,5-6,11-13,15H2,(H3,31,32)(H,33,38)(H,34,37). The number of benzene rings is 2. The number of nitrogens with two attached hydrogens (primary N) is 1. The van der Waals surface area contributed by atoms with Crippen LogP contribution in [0.3, 0.4) is 0 Å². The van der Waals surface area contributed by atoms with Gasteiger partial charge in [-0.15, -0.1) is 11.3 Å². The van der Waals surface area contributed by atoms with Gasteiger partial charge in [0.25, 0.3) is 5.91 Å². The average molecular weight is 617 g/mol. The summed E-state index contributed by atoms with van der Waals surface area (Å²) in [6.45, 7) is 0.723. The predicted octanol–water partition coefficient (Wildman–Crippen LogP) is 3.40. The van der Waals surface area contributed by atoms with E-state index in [1.807, 2.05) is 0 Å². The first-order valence-corrected chi connectivity index (χ1v) is 14.4. The quantitative estimate of drug-likeness (QED) is 0.226. The van der Waals surface area contributed by atoms with Gasteiger partial charge in [0.1, 0.15) is 11.9 Å². The highest BCUT2D eigenvalue weighted by Crippen LogP contribution is 2.35. The topological polar surface area (TPSA) is 147 Å². The van der Waals surface area contributed by atoms with Gasteiger partial charge in [-0.05, 0) is 47.5 Å². The third kappa shape index (κ3) is 6.71. The molecule has 0 bridgehead atoms. The third-order valence-electron chi connectivity index (χ3n) is 6.87. The molecule has 2 saturated heterocycles. The van der Waals surface area contributed by atoms with Crippen molar-refractivity contribution in [2.75, 3.05) is 26.3 Å². The fraction of sp³-hybridized carbons (Fsp3) is 0.286. The molecule has 1 aromatic heterocycles. The second kappa shape index (κ2) is 12.2. The molecule has 3 amide bonds. The van der Waals surface area contributed by atoms with Crippen LogP contribution in [0.15, 0.2) is 53.9 Å². The molecule has 10 nitrogen and oxygen atoms in total. The Balaban J connectivity index is 1.21. The highest BCUT2D eigenvalue weighted by molar-refractivity contribution is 7.10. The second-order valence-corrected chi connectivity index (χ2v) is 11.6. The minimum absolute atomic E-state index is 0.0483. The highest BCUT2D eigenvalue weighted by atomic mass is 35.5. The predicted molar refractivity (Wildman–Crippen MR) is 156 cm³/mol. The Hall–Kier alpha value is -3.48. The maximum Gasteiger partial charge on any atom is 0.251 e. The van der Waals surface area contributed by atoms with E-state index in [1.54, 1.807) is 53.9 Å². The third-order valence-corrected chi connectivity index (χ3v) is 8.25. The number of halogens is 2. The first kappa shape index (κ1) is 29.0. The molecule has 41 heavy (non-hydrogen) atoms. The van der Waals surface area contributed by atoms with E-state index in [-0.39, 0.29) is 37.8 Å². The molecule has 5 N–H and O–H groups in total. The minimum Gasteiger partial charge on any atom is -0.384 e. The number of likely N-dealkylation sites (tertiary alicyclic amines) is 1. The zero-order valence-electron chi connectivity index (χ0n) is 21.7. The van der Waals surface area contributed by atoms with E-state index in [9.17, 15) is 14.4 Å². The summed E-state index contributed by atoms with van der Waals surface area (Å²) in [5, 5.41) is 15.8. The highest BCUT2D eigenvalue weighted by Gasteiger charge is 2.52. The lowest BCUT2D eigenvalue weighted by atomic mass is 10.0. The molecule has 5 rings (SSSR count). The maximum absolute atomic E-state index is 13.3. The van der Waals surface area contributed by atoms with Crippen molar-refractivity contribution < 1.29 is 23.9 Å². The van der Waals surface area contributed by atoms with E-state index in [4.69, 9.17) is 43.8 Å². The van der Waals surface area contributed by atoms with E-state index in [0.717, 1.165) is 16.0 Å². The SMILES string of the molecule is N=C(N)c1csc(CNC(=O)C2CC3(CN2C(=O)CNC(=O)c2ccc(-c4cc(Cl)cc(Cl)c4)cc2)OCCO3)c1. The Bertz CT molecular complexity index is 1470. The van der Waals surface area contributed by atoms with Gasteiger partial charge < -0.3 is 30.7 Å². The average Bonchev–Trinajstić information content (AvgIpc) is 3.70. The van der Waals surface area contributed by atoms with Gasteiger partial charge in [0.05, 0.1) is 32.8 Å². The number of nitrogens with zero attached hydrogens (tertiary/aromatic N) is 1. The fourth-order valence-electron chi connectivity index (χ4n) is 4.84. The van der Waals surface area contributed by atoms with Crippen molar-refractivity contribution in [3.63, 3.8) is 0 Å². The van der Waals surface area contributed by atoms with Crippen LogP contribution in [0.5, 0.6) is 0 Å². The van der Waals surface area contributed by atoms with Crippen LogP contribution in [0.2, 0.25) is 10.0 Å². The van der Waals surface area contributed by atoms with E-state index < -0.39 is 23.6 Å². The van der Waals surface area contributed by atoms with E-state index in [0.29, 0.717) is 34.4 Å². The number of carbonyl (C=O) groups is 3. The van der Waals surface area contributed by atoms with Gasteiger partial charge in [-0.1, -0.05) is 35.3 Å². The van der Waals surface area contributed by atoms with E-state index >= 15 is 0 Å². The molecule has 3 aromatic rings. The van der Waals surface area contributed by atoms with Gasteiger partial charge in [-0.25, -0.2) is 0 Å². The van der Waals surface area contributed by atoms with Crippen LogP contribution in [0.25, 0.3) is 11.1 Å². The largest absolute Gasteiger partial charge is 0.384 e. The number of rotatable bonds is 8. The Morgan fingerprint density at radius 2 is 1.68 bits per heavy atom. The number of amidine groups is 1. The summed E-state index contributed by atoms with van der Waals surface area (Å²) in [6, 6.07) is 12.9. The molecule has 0 saturated carbocycles. The summed E-state index contributed by atoms with van der Waals surface area (Å²) in [5.41, 5.74) is 8.11. The maximum atomic E-state index is 13.3. The first-order chi connectivity index (χ1) is 19.6. The van der Waals surface area contributed by atoms with Crippen molar-refractivity contribution in [1.29, 1.82) is 5.41 Å². The number of amides is 3. The van der Waals surface area contributed by atoms with Gasteiger partial charge in [0.2, 0.25) is 11.8 Å². The molecule has 13 heteroatoms. The smallest absolute Gasteiger partial charge is 0.251 e. The van der Waals surface area contributed by atoms with Crippen LogP contribution in [0.1, 0.15) is 27.2 Å². The molecule has 1 unspecified atom stereocenters. The number of hydrogen-bond donors (Lipinski definition) is 4. The van der Waals surface area contributed by atoms with E-state index in [1.165, 1.54) is 16.2 Å². The van der Waals surface area contributed by atoms with Crippen molar-refractivity contribution in [2.24, 2.45) is 5.73 Å². The number of carbonyl (C=O) groups excluding carboxylic acids is 3. The lowest BCUT2D eigenvalue weighted by Gasteiger charge is -2.24. The molecule has 1 spiro atoms. The monoisotopic (exact) mass is 615 g/mol. The van der Waals surface area contributed by atoms with Gasteiger partial charge in [0, 0.05) is 37.9 Å². The Morgan fingerprint density at radius 1 is 1.00 bits per heavy atom. The number of nitrogen functional groups attached to an aromatic ring is 1. The van der Waals surface area contributed by atoms with E-state index in [2.05, 4.69) is 10.6 Å². The lowest BCUT2D eigenvalue weighted by molar-refractivity contribution is -0.152. The van der Waals surface area contributed by atoms with Gasteiger partial charge in [-0.2, -0.15) is 0 Å². The van der Waals surface area contributed by atoms with Crippen LogP contribution >= 0.6 is 34.5 Å². The number of thiophene rings is 1. The van der Waals surface area contributed by atoms with Crippen LogP contribution in [-0.2, 0) is 25.6 Å². The zero-order valence-corrected chi connectivity index (χ0v) is 24.1.